The molecule has 1 atom stereocenters. The van der Waals surface area contributed by atoms with Crippen LogP contribution in [0.1, 0.15) is 32.1 Å². The van der Waals surface area contributed by atoms with Gasteiger partial charge in [-0.05, 0) is 19.3 Å². The van der Waals surface area contributed by atoms with Crippen LogP contribution < -0.4 is 0 Å². The van der Waals surface area contributed by atoms with E-state index >= 15 is 0 Å². The highest BCUT2D eigenvalue weighted by Crippen LogP contribution is 2.05. The average Bonchev–Trinajstić information content (AvgIpc) is 2.42. The molecule has 0 spiro atoms. The molecule has 0 fully saturated rings. The topological polar surface area (TPSA) is 116 Å². The normalized spacial score (nSPS) is 11.2. The number of carbonyl (C=O) groups excluding carboxylic acids is 3. The lowest BCUT2D eigenvalue weighted by molar-refractivity contribution is -0.162. The van der Waals surface area contributed by atoms with Crippen molar-refractivity contribution >= 4 is 24.9 Å². The molecule has 0 rings (SSSR count). The fraction of sp³-hybridized carbons (Fsp3) is 0.667. The largest absolute Gasteiger partial charge is 0.481 e. The Balaban J connectivity index is 3.80. The second-order valence-corrected chi connectivity index (χ2v) is 3.85. The van der Waals surface area contributed by atoms with Crippen LogP contribution in [0, 0.1) is 0 Å². The lowest BCUT2D eigenvalue weighted by Crippen LogP contribution is -2.27. The summed E-state index contributed by atoms with van der Waals surface area (Å²) in [7, 11) is 0. The van der Waals surface area contributed by atoms with E-state index in [-0.39, 0.29) is 25.9 Å². The van der Waals surface area contributed by atoms with Crippen molar-refractivity contribution in [2.45, 2.75) is 38.2 Å². The van der Waals surface area contributed by atoms with Gasteiger partial charge in [-0.15, -0.1) is 0 Å². The maximum atomic E-state index is 11.5. The van der Waals surface area contributed by atoms with Crippen LogP contribution in [0.3, 0.4) is 0 Å². The van der Waals surface area contributed by atoms with Crippen LogP contribution in [0.4, 0.5) is 0 Å². The zero-order valence-corrected chi connectivity index (χ0v) is 11.0. The summed E-state index contributed by atoms with van der Waals surface area (Å²) >= 11 is 0. The summed E-state index contributed by atoms with van der Waals surface area (Å²) in [6.45, 7) is 0.896. The Morgan fingerprint density at radius 1 is 1.05 bits per heavy atom. The Kier molecular flexibility index (Phi) is 10.7. The Morgan fingerprint density at radius 2 is 1.75 bits per heavy atom. The molecule has 0 aliphatic carbocycles. The molecule has 8 heteroatoms. The molecule has 114 valence electrons. The fourth-order valence-corrected chi connectivity index (χ4v) is 1.34. The summed E-state index contributed by atoms with van der Waals surface area (Å²) in [6, 6.07) is 0. The molecule has 0 amide bonds. The number of hydrogen-bond acceptors (Lipinski definition) is 7. The summed E-state index contributed by atoms with van der Waals surface area (Å²) in [5.41, 5.74) is 0. The van der Waals surface area contributed by atoms with E-state index in [1.807, 2.05) is 0 Å². The number of carboxylic acids is 1. The zero-order chi connectivity index (χ0) is 15.2. The summed E-state index contributed by atoms with van der Waals surface area (Å²) in [5.74, 6) is -1.85. The molecule has 8 nitrogen and oxygen atoms in total. The van der Waals surface area contributed by atoms with E-state index < -0.39 is 18.0 Å². The van der Waals surface area contributed by atoms with Crippen molar-refractivity contribution in [1.29, 1.82) is 0 Å². The molecular formula is C12H18O8. The van der Waals surface area contributed by atoms with Crippen molar-refractivity contribution in [1.82, 2.24) is 0 Å². The first-order valence-electron chi connectivity index (χ1n) is 6.14. The van der Waals surface area contributed by atoms with Crippen molar-refractivity contribution in [2.24, 2.45) is 0 Å². The molecule has 0 aromatic carbocycles. The van der Waals surface area contributed by atoms with Gasteiger partial charge in [0.25, 0.3) is 12.9 Å². The number of hydrogen-bond donors (Lipinski definition) is 1. The van der Waals surface area contributed by atoms with E-state index in [0.29, 0.717) is 32.3 Å². The maximum Gasteiger partial charge on any atom is 0.347 e. The first kappa shape index (κ1) is 17.9. The third-order valence-electron chi connectivity index (χ3n) is 2.32. The van der Waals surface area contributed by atoms with Crippen LogP contribution in [0.25, 0.3) is 0 Å². The Morgan fingerprint density at radius 3 is 2.35 bits per heavy atom. The molecule has 0 saturated carbocycles. The van der Waals surface area contributed by atoms with Crippen LogP contribution >= 0.6 is 0 Å². The second kappa shape index (κ2) is 11.9. The molecule has 0 radical (unpaired) electrons. The molecule has 0 aromatic rings. The van der Waals surface area contributed by atoms with Crippen LogP contribution in [-0.2, 0) is 33.4 Å². The van der Waals surface area contributed by atoms with Crippen molar-refractivity contribution in [3.8, 4) is 0 Å². The van der Waals surface area contributed by atoms with E-state index in [4.69, 9.17) is 9.84 Å². The maximum absolute atomic E-state index is 11.5. The molecule has 0 aliphatic heterocycles. The highest BCUT2D eigenvalue weighted by Gasteiger charge is 2.22. The number of carbonyl (C=O) groups is 4. The van der Waals surface area contributed by atoms with Crippen LogP contribution in [0.5, 0.6) is 0 Å². The fourth-order valence-electron chi connectivity index (χ4n) is 1.34. The third-order valence-corrected chi connectivity index (χ3v) is 2.32. The van der Waals surface area contributed by atoms with Gasteiger partial charge in [-0.2, -0.15) is 0 Å². The molecule has 1 unspecified atom stereocenters. The van der Waals surface area contributed by atoms with Gasteiger partial charge in [0.1, 0.15) is 0 Å². The molecule has 1 N–H and O–H groups in total. The first-order valence-corrected chi connectivity index (χ1v) is 6.14. The SMILES string of the molecule is O=COCCCCCOC(=O)C(CCC(=O)O)OC=O. The van der Waals surface area contributed by atoms with E-state index in [9.17, 15) is 19.2 Å². The van der Waals surface area contributed by atoms with Crippen molar-refractivity contribution < 1.29 is 38.5 Å². The Hall–Kier alpha value is -2.12. The van der Waals surface area contributed by atoms with Gasteiger partial charge >= 0.3 is 11.9 Å². The highest BCUT2D eigenvalue weighted by molar-refractivity contribution is 5.77. The zero-order valence-electron chi connectivity index (χ0n) is 11.0. The first-order chi connectivity index (χ1) is 9.61. The smallest absolute Gasteiger partial charge is 0.347 e. The number of rotatable bonds is 13. The van der Waals surface area contributed by atoms with Gasteiger partial charge in [0.2, 0.25) is 0 Å². The van der Waals surface area contributed by atoms with Gasteiger partial charge in [0.05, 0.1) is 13.2 Å². The van der Waals surface area contributed by atoms with Crippen LogP contribution in [0.2, 0.25) is 0 Å². The van der Waals surface area contributed by atoms with E-state index in [0.717, 1.165) is 0 Å². The van der Waals surface area contributed by atoms with Gasteiger partial charge in [0, 0.05) is 12.8 Å². The third kappa shape index (κ3) is 9.86. The molecule has 0 heterocycles. The Labute approximate surface area is 116 Å². The van der Waals surface area contributed by atoms with Gasteiger partial charge < -0.3 is 19.3 Å². The van der Waals surface area contributed by atoms with Crippen LogP contribution in [-0.4, -0.2) is 49.3 Å². The van der Waals surface area contributed by atoms with E-state index in [1.54, 1.807) is 0 Å². The molecule has 0 bridgehead atoms. The molecule has 20 heavy (non-hydrogen) atoms. The van der Waals surface area contributed by atoms with Gasteiger partial charge in [-0.25, -0.2) is 4.79 Å². The number of ether oxygens (including phenoxy) is 3. The minimum absolute atomic E-state index is 0.0878. The summed E-state index contributed by atoms with van der Waals surface area (Å²) in [4.78, 5) is 42.0. The van der Waals surface area contributed by atoms with Gasteiger partial charge in [0.15, 0.2) is 6.10 Å². The van der Waals surface area contributed by atoms with Crippen LogP contribution in [0.15, 0.2) is 0 Å². The summed E-state index contributed by atoms with van der Waals surface area (Å²) in [6.07, 6.45) is 0.318. The molecule has 0 aromatic heterocycles. The second-order valence-electron chi connectivity index (χ2n) is 3.85. The minimum atomic E-state index is -1.19. The molecular weight excluding hydrogens is 272 g/mol. The summed E-state index contributed by atoms with van der Waals surface area (Å²) < 4.78 is 13.8. The van der Waals surface area contributed by atoms with E-state index in [2.05, 4.69) is 9.47 Å². The lowest BCUT2D eigenvalue weighted by atomic mass is 10.2. The molecule has 0 saturated heterocycles. The number of esters is 1. The van der Waals surface area contributed by atoms with Crippen molar-refractivity contribution in [3.63, 3.8) is 0 Å². The van der Waals surface area contributed by atoms with Gasteiger partial charge in [-0.1, -0.05) is 0 Å². The number of carboxylic acid groups (broad SMARTS) is 1. The summed E-state index contributed by atoms with van der Waals surface area (Å²) in [5, 5.41) is 8.50. The quantitative estimate of drug-likeness (QED) is 0.222. The lowest BCUT2D eigenvalue weighted by Gasteiger charge is -2.13. The minimum Gasteiger partial charge on any atom is -0.481 e. The van der Waals surface area contributed by atoms with E-state index in [1.165, 1.54) is 0 Å². The predicted octanol–water partition coefficient (Wildman–Crippen LogP) is 0.279. The number of aliphatic carboxylic acids is 1. The highest BCUT2D eigenvalue weighted by atomic mass is 16.6. The average molecular weight is 290 g/mol. The number of unbranched alkanes of at least 4 members (excludes halogenated alkanes) is 2. The van der Waals surface area contributed by atoms with Crippen molar-refractivity contribution in [3.05, 3.63) is 0 Å². The van der Waals surface area contributed by atoms with Crippen molar-refractivity contribution in [2.75, 3.05) is 13.2 Å². The molecule has 0 aliphatic rings. The van der Waals surface area contributed by atoms with Gasteiger partial charge in [-0.3, -0.25) is 14.4 Å². The monoisotopic (exact) mass is 290 g/mol. The predicted molar refractivity (Wildman–Crippen MR) is 64.6 cm³/mol. The standard InChI is InChI=1S/C12H18O8/c13-8-18-6-2-1-3-7-19-12(17)10(20-9-14)4-5-11(15)16/h8-10H,1-7H2,(H,15,16). The Bertz CT molecular complexity index is 315.